The smallest absolute Gasteiger partial charge is 0.245 e. The Morgan fingerprint density at radius 3 is 2.45 bits per heavy atom. The van der Waals surface area contributed by atoms with Gasteiger partial charge in [-0.1, -0.05) is 57.5 Å². The molecule has 3 amide bonds. The van der Waals surface area contributed by atoms with E-state index in [4.69, 9.17) is 10.5 Å². The van der Waals surface area contributed by atoms with Crippen molar-refractivity contribution in [2.75, 3.05) is 13.7 Å². The molecule has 0 aromatic heterocycles. The Bertz CT molecular complexity index is 1100. The maximum Gasteiger partial charge on any atom is 0.245 e. The number of carbonyl (C=O) groups excluding carboxylic acids is 3. The molecule has 3 N–H and O–H groups in total. The van der Waals surface area contributed by atoms with Crippen LogP contribution in [-0.4, -0.2) is 42.3 Å². The van der Waals surface area contributed by atoms with Gasteiger partial charge < -0.3 is 20.7 Å². The molecule has 1 fully saturated rings. The van der Waals surface area contributed by atoms with Gasteiger partial charge in [0.05, 0.1) is 7.11 Å². The molecule has 2 aromatic carbocycles. The van der Waals surface area contributed by atoms with Gasteiger partial charge in [0.25, 0.3) is 0 Å². The molecule has 1 saturated heterocycles. The van der Waals surface area contributed by atoms with Gasteiger partial charge in [-0.15, -0.1) is 0 Å². The SMILES string of the molecule is CCCC(C(N)=O)C(CC(C)C)C(=O)N[C@H]1CCCCN(Cc2cccc(-c3cccc(OC)c3)c2)C1=O. The molecule has 0 saturated carbocycles. The molecule has 0 aliphatic carbocycles. The summed E-state index contributed by atoms with van der Waals surface area (Å²) in [5.41, 5.74) is 8.83. The minimum Gasteiger partial charge on any atom is -0.497 e. The molecule has 7 heteroatoms. The Morgan fingerprint density at radius 1 is 1.08 bits per heavy atom. The number of rotatable bonds is 12. The highest BCUT2D eigenvalue weighted by molar-refractivity contribution is 5.91. The van der Waals surface area contributed by atoms with Crippen LogP contribution < -0.4 is 15.8 Å². The Kier molecular flexibility index (Phi) is 10.7. The fourth-order valence-corrected chi connectivity index (χ4v) is 5.36. The van der Waals surface area contributed by atoms with Gasteiger partial charge >= 0.3 is 0 Å². The molecule has 7 nitrogen and oxygen atoms in total. The van der Waals surface area contributed by atoms with E-state index in [-0.39, 0.29) is 17.7 Å². The van der Waals surface area contributed by atoms with Crippen molar-refractivity contribution in [3.8, 4) is 16.9 Å². The number of nitrogens with one attached hydrogen (secondary N) is 1. The van der Waals surface area contributed by atoms with Gasteiger partial charge in [-0.3, -0.25) is 14.4 Å². The third kappa shape index (κ3) is 7.83. The van der Waals surface area contributed by atoms with Crippen LogP contribution in [0.25, 0.3) is 11.1 Å². The number of benzene rings is 2. The zero-order valence-corrected chi connectivity index (χ0v) is 23.2. The first-order valence-corrected chi connectivity index (χ1v) is 13.8. The summed E-state index contributed by atoms with van der Waals surface area (Å²) in [5.74, 6) is -0.800. The van der Waals surface area contributed by atoms with E-state index in [2.05, 4.69) is 11.4 Å². The molecule has 2 aromatic rings. The van der Waals surface area contributed by atoms with E-state index in [1.54, 1.807) is 7.11 Å². The van der Waals surface area contributed by atoms with Crippen molar-refractivity contribution in [3.63, 3.8) is 0 Å². The molecule has 38 heavy (non-hydrogen) atoms. The molecule has 3 rings (SSSR count). The third-order valence-electron chi connectivity index (χ3n) is 7.31. The van der Waals surface area contributed by atoms with Crippen molar-refractivity contribution in [2.45, 2.75) is 71.9 Å². The van der Waals surface area contributed by atoms with Crippen molar-refractivity contribution in [1.29, 1.82) is 0 Å². The highest BCUT2D eigenvalue weighted by Gasteiger charge is 2.35. The lowest BCUT2D eigenvalue weighted by Crippen LogP contribution is -2.50. The molecule has 0 bridgehead atoms. The van der Waals surface area contributed by atoms with Crippen molar-refractivity contribution < 1.29 is 19.1 Å². The van der Waals surface area contributed by atoms with Crippen molar-refractivity contribution >= 4 is 17.7 Å². The fourth-order valence-electron chi connectivity index (χ4n) is 5.36. The Hall–Kier alpha value is -3.35. The summed E-state index contributed by atoms with van der Waals surface area (Å²) in [6.45, 7) is 7.16. The van der Waals surface area contributed by atoms with Gasteiger partial charge in [0, 0.05) is 24.9 Å². The van der Waals surface area contributed by atoms with E-state index in [0.29, 0.717) is 32.4 Å². The van der Waals surface area contributed by atoms with Crippen LogP contribution in [0.4, 0.5) is 0 Å². The molecule has 2 unspecified atom stereocenters. The monoisotopic (exact) mass is 521 g/mol. The van der Waals surface area contributed by atoms with Crippen LogP contribution in [0.2, 0.25) is 0 Å². The second kappa shape index (κ2) is 14.0. The summed E-state index contributed by atoms with van der Waals surface area (Å²) in [7, 11) is 1.65. The molecule has 206 valence electrons. The number of nitrogens with zero attached hydrogens (tertiary/aromatic N) is 1. The zero-order chi connectivity index (χ0) is 27.7. The highest BCUT2D eigenvalue weighted by Crippen LogP contribution is 2.27. The summed E-state index contributed by atoms with van der Waals surface area (Å²) in [6, 6.07) is 15.5. The van der Waals surface area contributed by atoms with Crippen LogP contribution in [-0.2, 0) is 20.9 Å². The van der Waals surface area contributed by atoms with E-state index in [1.807, 2.05) is 68.1 Å². The van der Waals surface area contributed by atoms with Crippen LogP contribution in [0.5, 0.6) is 5.75 Å². The topological polar surface area (TPSA) is 102 Å². The number of ether oxygens (including phenoxy) is 1. The second-order valence-corrected chi connectivity index (χ2v) is 10.8. The standard InChI is InChI=1S/C31H43N3O4/c1-5-10-26(29(32)35)27(17-21(2)3)30(36)33-28-15-6-7-16-34(31(28)37)20-22-11-8-12-23(18-22)24-13-9-14-25(19-24)38-4/h8-9,11-14,18-19,21,26-28H,5-7,10,15-17,20H2,1-4H3,(H2,32,35)(H,33,36)/t26?,27?,28-/m0/s1. The fraction of sp³-hybridized carbons (Fsp3) is 0.516. The molecular formula is C31H43N3O4. The first-order valence-electron chi connectivity index (χ1n) is 13.8. The molecule has 0 spiro atoms. The Labute approximate surface area is 227 Å². The summed E-state index contributed by atoms with van der Waals surface area (Å²) in [4.78, 5) is 41.1. The van der Waals surface area contributed by atoms with E-state index >= 15 is 0 Å². The average Bonchev–Trinajstić information content (AvgIpc) is 3.07. The minimum atomic E-state index is -0.601. The predicted molar refractivity (Wildman–Crippen MR) is 150 cm³/mol. The summed E-state index contributed by atoms with van der Waals surface area (Å²) in [5, 5.41) is 3.02. The van der Waals surface area contributed by atoms with Crippen molar-refractivity contribution in [2.24, 2.45) is 23.5 Å². The van der Waals surface area contributed by atoms with E-state index in [9.17, 15) is 14.4 Å². The largest absolute Gasteiger partial charge is 0.497 e. The molecule has 1 heterocycles. The summed E-state index contributed by atoms with van der Waals surface area (Å²) in [6.07, 6.45) is 4.20. The summed E-state index contributed by atoms with van der Waals surface area (Å²) < 4.78 is 5.37. The number of hydrogen-bond acceptors (Lipinski definition) is 4. The normalized spacial score (nSPS) is 17.6. The van der Waals surface area contributed by atoms with E-state index in [1.165, 1.54) is 0 Å². The van der Waals surface area contributed by atoms with Gasteiger partial charge in [-0.05, 0) is 72.9 Å². The highest BCUT2D eigenvalue weighted by atomic mass is 16.5. The van der Waals surface area contributed by atoms with Crippen LogP contribution >= 0.6 is 0 Å². The second-order valence-electron chi connectivity index (χ2n) is 10.8. The first-order chi connectivity index (χ1) is 18.2. The number of nitrogens with two attached hydrogens (primary N) is 1. The number of hydrogen-bond donors (Lipinski definition) is 2. The number of carbonyl (C=O) groups is 3. The third-order valence-corrected chi connectivity index (χ3v) is 7.31. The number of primary amides is 1. The lowest BCUT2D eigenvalue weighted by atomic mass is 9.81. The quantitative estimate of drug-likeness (QED) is 0.414. The molecule has 0 radical (unpaired) electrons. The number of methoxy groups -OCH3 is 1. The number of amides is 3. The minimum absolute atomic E-state index is 0.0722. The maximum atomic E-state index is 13.6. The lowest BCUT2D eigenvalue weighted by Gasteiger charge is -2.29. The number of likely N-dealkylation sites (tertiary alicyclic amines) is 1. The van der Waals surface area contributed by atoms with Gasteiger partial charge in [0.1, 0.15) is 11.8 Å². The van der Waals surface area contributed by atoms with Crippen molar-refractivity contribution in [3.05, 3.63) is 54.1 Å². The van der Waals surface area contributed by atoms with E-state index < -0.39 is 23.8 Å². The molecular weight excluding hydrogens is 478 g/mol. The van der Waals surface area contributed by atoms with E-state index in [0.717, 1.165) is 41.7 Å². The van der Waals surface area contributed by atoms with Gasteiger partial charge in [-0.25, -0.2) is 0 Å². The van der Waals surface area contributed by atoms with Gasteiger partial charge in [-0.2, -0.15) is 0 Å². The molecule has 1 aliphatic heterocycles. The predicted octanol–water partition coefficient (Wildman–Crippen LogP) is 4.92. The van der Waals surface area contributed by atoms with Crippen LogP contribution in [0.3, 0.4) is 0 Å². The lowest BCUT2D eigenvalue weighted by molar-refractivity contribution is -0.139. The van der Waals surface area contributed by atoms with Gasteiger partial charge in [0.15, 0.2) is 0 Å². The summed E-state index contributed by atoms with van der Waals surface area (Å²) >= 11 is 0. The van der Waals surface area contributed by atoms with Crippen LogP contribution in [0.15, 0.2) is 48.5 Å². The average molecular weight is 522 g/mol. The van der Waals surface area contributed by atoms with Crippen LogP contribution in [0, 0.1) is 17.8 Å². The zero-order valence-electron chi connectivity index (χ0n) is 23.2. The Balaban J connectivity index is 1.76. The maximum absolute atomic E-state index is 13.6. The molecule has 1 aliphatic rings. The molecule has 3 atom stereocenters. The van der Waals surface area contributed by atoms with Crippen molar-refractivity contribution in [1.82, 2.24) is 10.2 Å². The van der Waals surface area contributed by atoms with Crippen LogP contribution in [0.1, 0.15) is 64.9 Å². The first kappa shape index (κ1) is 29.2. The van der Waals surface area contributed by atoms with Gasteiger partial charge in [0.2, 0.25) is 17.7 Å². The Morgan fingerprint density at radius 2 is 1.79 bits per heavy atom.